The Morgan fingerprint density at radius 2 is 2.14 bits per heavy atom. The van der Waals surface area contributed by atoms with Crippen LogP contribution < -0.4 is 4.90 Å². The third-order valence-electron chi connectivity index (χ3n) is 3.29. The molecule has 1 aliphatic heterocycles. The lowest BCUT2D eigenvalue weighted by molar-refractivity contribution is -0.137. The van der Waals surface area contributed by atoms with Gasteiger partial charge < -0.3 is 14.5 Å². The molecule has 0 unspecified atom stereocenters. The van der Waals surface area contributed by atoms with Gasteiger partial charge in [-0.3, -0.25) is 4.79 Å². The van der Waals surface area contributed by atoms with Crippen LogP contribution in [0.5, 0.6) is 0 Å². The average molecular weight is 320 g/mol. The number of carbonyl (C=O) groups is 2. The van der Waals surface area contributed by atoms with Gasteiger partial charge in [0, 0.05) is 25.8 Å². The monoisotopic (exact) mass is 320 g/mol. The number of carbonyl (C=O) groups excluding carboxylic acids is 2. The molecule has 1 amide bonds. The number of para-hydroxylation sites is 1. The van der Waals surface area contributed by atoms with E-state index in [2.05, 4.69) is 4.90 Å². The largest absolute Gasteiger partial charge is 0.463 e. The first-order valence-electron chi connectivity index (χ1n) is 7.19. The molecule has 1 aliphatic rings. The van der Waals surface area contributed by atoms with E-state index >= 15 is 0 Å². The second kappa shape index (κ2) is 7.89. The molecule has 0 aliphatic carbocycles. The van der Waals surface area contributed by atoms with Crippen molar-refractivity contribution in [2.45, 2.75) is 6.92 Å². The third-order valence-corrected chi connectivity index (χ3v) is 4.32. The van der Waals surface area contributed by atoms with E-state index in [4.69, 9.17) is 4.74 Å². The van der Waals surface area contributed by atoms with Crippen LogP contribution in [0.3, 0.4) is 0 Å². The lowest BCUT2D eigenvalue weighted by atomic mass is 10.3. The smallest absolute Gasteiger partial charge is 0.333 e. The minimum atomic E-state index is -0.402. The normalized spacial score (nSPS) is 16.2. The van der Waals surface area contributed by atoms with Gasteiger partial charge in [0.1, 0.15) is 0 Å². The second-order valence-corrected chi connectivity index (χ2v) is 5.82. The van der Waals surface area contributed by atoms with E-state index in [1.165, 1.54) is 17.8 Å². The zero-order chi connectivity index (χ0) is 15.9. The standard InChI is InChI=1S/C16H20N2O3S/c1-3-21-16(20)11-15-18(14(19)12-22-15)10-9-17(2)13-7-5-4-6-8-13/h4-8,11H,3,9-10,12H2,1-2H3/b15-11-. The maximum atomic E-state index is 12.0. The molecular formula is C16H20N2O3S. The molecule has 2 rings (SSSR count). The molecule has 0 saturated carbocycles. The number of hydrogen-bond donors (Lipinski definition) is 0. The van der Waals surface area contributed by atoms with Crippen molar-refractivity contribution >= 4 is 29.3 Å². The third kappa shape index (κ3) is 4.27. The summed E-state index contributed by atoms with van der Waals surface area (Å²) in [6.07, 6.45) is 1.40. The van der Waals surface area contributed by atoms with E-state index < -0.39 is 5.97 Å². The van der Waals surface area contributed by atoms with Gasteiger partial charge in [0.05, 0.1) is 23.5 Å². The van der Waals surface area contributed by atoms with E-state index in [9.17, 15) is 9.59 Å². The van der Waals surface area contributed by atoms with Crippen molar-refractivity contribution < 1.29 is 14.3 Å². The van der Waals surface area contributed by atoms with Crippen LogP contribution in [0.1, 0.15) is 6.92 Å². The van der Waals surface area contributed by atoms with Crippen LogP contribution in [-0.2, 0) is 14.3 Å². The molecular weight excluding hydrogens is 300 g/mol. The van der Waals surface area contributed by atoms with Crippen molar-refractivity contribution in [3.8, 4) is 0 Å². The lowest BCUT2D eigenvalue weighted by Gasteiger charge is -2.23. The number of rotatable bonds is 6. The lowest BCUT2D eigenvalue weighted by Crippen LogP contribution is -2.34. The van der Waals surface area contributed by atoms with E-state index in [1.807, 2.05) is 37.4 Å². The summed E-state index contributed by atoms with van der Waals surface area (Å²) in [6, 6.07) is 9.98. The summed E-state index contributed by atoms with van der Waals surface area (Å²) in [5.41, 5.74) is 1.10. The van der Waals surface area contributed by atoms with Crippen molar-refractivity contribution in [3.05, 3.63) is 41.4 Å². The van der Waals surface area contributed by atoms with Crippen LogP contribution >= 0.6 is 11.8 Å². The van der Waals surface area contributed by atoms with Crippen molar-refractivity contribution in [3.63, 3.8) is 0 Å². The Morgan fingerprint density at radius 1 is 1.41 bits per heavy atom. The highest BCUT2D eigenvalue weighted by molar-refractivity contribution is 8.04. The SMILES string of the molecule is CCOC(=O)/C=C1\SCC(=O)N1CCN(C)c1ccccc1. The molecule has 6 heteroatoms. The molecule has 0 spiro atoms. The zero-order valence-corrected chi connectivity index (χ0v) is 13.6. The number of hydrogen-bond acceptors (Lipinski definition) is 5. The van der Waals surface area contributed by atoms with Crippen LogP contribution in [0.15, 0.2) is 41.4 Å². The van der Waals surface area contributed by atoms with Crippen molar-refractivity contribution in [1.82, 2.24) is 4.90 Å². The molecule has 1 fully saturated rings. The molecule has 0 bridgehead atoms. The topological polar surface area (TPSA) is 49.9 Å². The summed E-state index contributed by atoms with van der Waals surface area (Å²) in [5, 5.41) is 0.671. The van der Waals surface area contributed by atoms with Gasteiger partial charge >= 0.3 is 5.97 Å². The molecule has 0 atom stereocenters. The van der Waals surface area contributed by atoms with E-state index in [1.54, 1.807) is 11.8 Å². The molecule has 0 radical (unpaired) electrons. The number of thioether (sulfide) groups is 1. The van der Waals surface area contributed by atoms with Crippen LogP contribution in [-0.4, -0.2) is 49.3 Å². The number of amides is 1. The minimum absolute atomic E-state index is 0.0296. The molecule has 0 aromatic heterocycles. The van der Waals surface area contributed by atoms with E-state index in [-0.39, 0.29) is 5.91 Å². The Balaban J connectivity index is 1.97. The summed E-state index contributed by atoms with van der Waals surface area (Å²) in [4.78, 5) is 27.3. The summed E-state index contributed by atoms with van der Waals surface area (Å²) < 4.78 is 4.91. The number of nitrogens with zero attached hydrogens (tertiary/aromatic N) is 2. The van der Waals surface area contributed by atoms with Gasteiger partial charge in [-0.05, 0) is 19.1 Å². The van der Waals surface area contributed by atoms with Crippen molar-refractivity contribution in [2.24, 2.45) is 0 Å². The fourth-order valence-corrected chi connectivity index (χ4v) is 3.07. The van der Waals surface area contributed by atoms with Gasteiger partial charge in [-0.15, -0.1) is 0 Å². The number of likely N-dealkylation sites (N-methyl/N-ethyl adjacent to an activating group) is 1. The van der Waals surface area contributed by atoms with Crippen LogP contribution in [0.2, 0.25) is 0 Å². The first-order valence-corrected chi connectivity index (χ1v) is 8.18. The maximum Gasteiger partial charge on any atom is 0.333 e. The molecule has 22 heavy (non-hydrogen) atoms. The second-order valence-electron chi connectivity index (χ2n) is 4.83. The zero-order valence-electron chi connectivity index (χ0n) is 12.8. The summed E-state index contributed by atoms with van der Waals surface area (Å²) in [6.45, 7) is 3.33. The Bertz CT molecular complexity index is 560. The molecule has 1 heterocycles. The van der Waals surface area contributed by atoms with Gasteiger partial charge in [0.15, 0.2) is 0 Å². The Morgan fingerprint density at radius 3 is 2.82 bits per heavy atom. The summed E-state index contributed by atoms with van der Waals surface area (Å²) >= 11 is 1.38. The minimum Gasteiger partial charge on any atom is -0.463 e. The molecule has 1 saturated heterocycles. The van der Waals surface area contributed by atoms with Gasteiger partial charge in [-0.2, -0.15) is 0 Å². The number of anilines is 1. The van der Waals surface area contributed by atoms with Crippen molar-refractivity contribution in [2.75, 3.05) is 37.4 Å². The van der Waals surface area contributed by atoms with Crippen LogP contribution in [0.25, 0.3) is 0 Å². The first kappa shape index (κ1) is 16.4. The molecule has 1 aromatic carbocycles. The quantitative estimate of drug-likeness (QED) is 0.593. The average Bonchev–Trinajstić information content (AvgIpc) is 2.86. The predicted octanol–water partition coefficient (Wildman–Crippen LogP) is 2.10. The molecule has 5 nitrogen and oxygen atoms in total. The van der Waals surface area contributed by atoms with E-state index in [0.29, 0.717) is 30.5 Å². The van der Waals surface area contributed by atoms with Gasteiger partial charge in [-0.25, -0.2) is 4.79 Å². The first-order chi connectivity index (χ1) is 10.6. The van der Waals surface area contributed by atoms with E-state index in [0.717, 1.165) is 5.69 Å². The van der Waals surface area contributed by atoms with Crippen LogP contribution in [0.4, 0.5) is 5.69 Å². The number of ether oxygens (including phenoxy) is 1. The molecule has 0 N–H and O–H groups in total. The summed E-state index contributed by atoms with van der Waals surface area (Å²) in [7, 11) is 1.98. The number of benzene rings is 1. The highest BCUT2D eigenvalue weighted by Crippen LogP contribution is 2.28. The van der Waals surface area contributed by atoms with Gasteiger partial charge in [0.2, 0.25) is 5.91 Å². The van der Waals surface area contributed by atoms with Gasteiger partial charge in [-0.1, -0.05) is 30.0 Å². The van der Waals surface area contributed by atoms with Crippen LogP contribution in [0, 0.1) is 0 Å². The Labute approximate surface area is 134 Å². The fourth-order valence-electron chi connectivity index (χ4n) is 2.12. The Kier molecular flexibility index (Phi) is 5.89. The highest BCUT2D eigenvalue weighted by atomic mass is 32.2. The van der Waals surface area contributed by atoms with Crippen molar-refractivity contribution in [1.29, 1.82) is 0 Å². The molecule has 118 valence electrons. The molecule has 1 aromatic rings. The highest BCUT2D eigenvalue weighted by Gasteiger charge is 2.27. The van der Waals surface area contributed by atoms with Gasteiger partial charge in [0.25, 0.3) is 0 Å². The number of esters is 1. The predicted molar refractivity (Wildman–Crippen MR) is 88.6 cm³/mol. The Hall–Kier alpha value is -1.95. The summed E-state index contributed by atoms with van der Waals surface area (Å²) in [5.74, 6) is 0.00318. The maximum absolute atomic E-state index is 12.0. The fraction of sp³-hybridized carbons (Fsp3) is 0.375.